The van der Waals surface area contributed by atoms with Gasteiger partial charge < -0.3 is 5.32 Å². The molecule has 0 aliphatic carbocycles. The van der Waals surface area contributed by atoms with Crippen LogP contribution in [0.1, 0.15) is 40.0 Å². The number of Topliss-reactive ketones (excluding diaryl/α,β-unsaturated/α-hetero) is 1. The zero-order valence-electron chi connectivity index (χ0n) is 12.3. The summed E-state index contributed by atoms with van der Waals surface area (Å²) in [6, 6.07) is 16.3. The highest BCUT2D eigenvalue weighted by molar-refractivity contribution is 5.99. The van der Waals surface area contributed by atoms with Crippen molar-refractivity contribution in [2.45, 2.75) is 26.8 Å². The van der Waals surface area contributed by atoms with Crippen molar-refractivity contribution < 1.29 is 4.79 Å². The van der Waals surface area contributed by atoms with E-state index in [9.17, 15) is 4.79 Å². The minimum atomic E-state index is 0.144. The Morgan fingerprint density at radius 1 is 1.10 bits per heavy atom. The Hall–Kier alpha value is -1.93. The van der Waals surface area contributed by atoms with E-state index in [1.807, 2.05) is 50.2 Å². The summed E-state index contributed by atoms with van der Waals surface area (Å²) < 4.78 is 0. The van der Waals surface area contributed by atoms with E-state index in [0.717, 1.165) is 11.1 Å². The summed E-state index contributed by atoms with van der Waals surface area (Å²) in [4.78, 5) is 12.3. The summed E-state index contributed by atoms with van der Waals surface area (Å²) in [5, 5.41) is 3.29. The molecule has 0 saturated heterocycles. The molecule has 1 unspecified atom stereocenters. The van der Waals surface area contributed by atoms with E-state index in [1.54, 1.807) is 0 Å². The molecule has 1 atom stereocenters. The van der Waals surface area contributed by atoms with Crippen molar-refractivity contribution in [1.29, 1.82) is 0 Å². The van der Waals surface area contributed by atoms with Gasteiger partial charge in [0.1, 0.15) is 0 Å². The first-order valence-electron chi connectivity index (χ1n) is 6.96. The number of aryl methyl sites for hydroxylation is 2. The average molecular weight is 267 g/mol. The van der Waals surface area contributed by atoms with Crippen LogP contribution in [0.2, 0.25) is 0 Å². The third-order valence-corrected chi connectivity index (χ3v) is 3.55. The van der Waals surface area contributed by atoms with Gasteiger partial charge in [0.2, 0.25) is 0 Å². The highest BCUT2D eigenvalue weighted by Crippen LogP contribution is 2.13. The van der Waals surface area contributed by atoms with Crippen LogP contribution in [0, 0.1) is 13.8 Å². The Kier molecular flexibility index (Phi) is 4.70. The lowest BCUT2D eigenvalue weighted by molar-refractivity contribution is 0.0987. The molecule has 0 spiro atoms. The quantitative estimate of drug-likeness (QED) is 0.834. The summed E-state index contributed by atoms with van der Waals surface area (Å²) in [6.07, 6.45) is 0. The molecule has 0 fully saturated rings. The number of rotatable bonds is 5. The van der Waals surface area contributed by atoms with Gasteiger partial charge in [0, 0.05) is 11.6 Å². The Morgan fingerprint density at radius 2 is 1.80 bits per heavy atom. The third-order valence-electron chi connectivity index (χ3n) is 3.55. The fraction of sp³-hybridized carbons (Fsp3) is 0.278. The first kappa shape index (κ1) is 14.5. The van der Waals surface area contributed by atoms with Gasteiger partial charge in [-0.1, -0.05) is 54.1 Å². The molecule has 2 aromatic carbocycles. The number of carbonyl (C=O) groups is 1. The fourth-order valence-electron chi connectivity index (χ4n) is 2.33. The van der Waals surface area contributed by atoms with Crippen molar-refractivity contribution in [2.24, 2.45) is 0 Å². The van der Waals surface area contributed by atoms with Crippen LogP contribution in [0.3, 0.4) is 0 Å². The standard InChI is InChI=1S/C18H21NO/c1-13-9-10-17(14(2)11-13)18(20)12-19-15(3)16-7-5-4-6-8-16/h4-11,15,19H,12H2,1-3H3. The van der Waals surface area contributed by atoms with Crippen LogP contribution in [0.4, 0.5) is 0 Å². The van der Waals surface area contributed by atoms with Gasteiger partial charge in [-0.2, -0.15) is 0 Å². The summed E-state index contributed by atoms with van der Waals surface area (Å²) >= 11 is 0. The van der Waals surface area contributed by atoms with Crippen LogP contribution in [0.15, 0.2) is 48.5 Å². The Labute approximate surface area is 120 Å². The molecular formula is C18H21NO. The summed E-state index contributed by atoms with van der Waals surface area (Å²) in [6.45, 7) is 6.46. The molecule has 2 heteroatoms. The topological polar surface area (TPSA) is 29.1 Å². The van der Waals surface area contributed by atoms with Crippen molar-refractivity contribution in [2.75, 3.05) is 6.54 Å². The van der Waals surface area contributed by atoms with Crippen molar-refractivity contribution in [3.63, 3.8) is 0 Å². The van der Waals surface area contributed by atoms with Crippen LogP contribution < -0.4 is 5.32 Å². The molecule has 0 bridgehead atoms. The van der Waals surface area contributed by atoms with Gasteiger partial charge in [0.15, 0.2) is 5.78 Å². The molecule has 2 aromatic rings. The van der Waals surface area contributed by atoms with E-state index >= 15 is 0 Å². The minimum absolute atomic E-state index is 0.144. The number of nitrogens with one attached hydrogen (secondary N) is 1. The fourth-order valence-corrected chi connectivity index (χ4v) is 2.33. The monoisotopic (exact) mass is 267 g/mol. The van der Waals surface area contributed by atoms with E-state index < -0.39 is 0 Å². The normalized spacial score (nSPS) is 12.2. The Bertz CT molecular complexity index is 590. The van der Waals surface area contributed by atoms with Gasteiger partial charge in [-0.25, -0.2) is 0 Å². The summed E-state index contributed by atoms with van der Waals surface area (Å²) in [5.41, 5.74) is 4.23. The van der Waals surface area contributed by atoms with Gasteiger partial charge in [-0.15, -0.1) is 0 Å². The SMILES string of the molecule is Cc1ccc(C(=O)CNC(C)c2ccccc2)c(C)c1. The van der Waals surface area contributed by atoms with Gasteiger partial charge >= 0.3 is 0 Å². The molecule has 2 nitrogen and oxygen atoms in total. The maximum absolute atomic E-state index is 12.3. The molecule has 0 aromatic heterocycles. The average Bonchev–Trinajstić information content (AvgIpc) is 2.45. The molecule has 1 N–H and O–H groups in total. The number of carbonyl (C=O) groups excluding carboxylic acids is 1. The second-order valence-corrected chi connectivity index (χ2v) is 5.25. The van der Waals surface area contributed by atoms with E-state index in [0.29, 0.717) is 6.54 Å². The number of ketones is 1. The Morgan fingerprint density at radius 3 is 2.45 bits per heavy atom. The van der Waals surface area contributed by atoms with Crippen LogP contribution >= 0.6 is 0 Å². The van der Waals surface area contributed by atoms with E-state index in [2.05, 4.69) is 24.4 Å². The van der Waals surface area contributed by atoms with Gasteiger partial charge in [0.25, 0.3) is 0 Å². The molecule has 0 saturated carbocycles. The summed E-state index contributed by atoms with van der Waals surface area (Å²) in [5.74, 6) is 0.144. The molecule has 0 aliphatic rings. The van der Waals surface area contributed by atoms with Crippen molar-refractivity contribution in [3.8, 4) is 0 Å². The number of hydrogen-bond acceptors (Lipinski definition) is 2. The highest BCUT2D eigenvalue weighted by Gasteiger charge is 2.11. The molecule has 2 rings (SSSR count). The largest absolute Gasteiger partial charge is 0.303 e. The predicted octanol–water partition coefficient (Wildman–Crippen LogP) is 3.84. The lowest BCUT2D eigenvalue weighted by Gasteiger charge is -2.14. The van der Waals surface area contributed by atoms with Crippen LogP contribution in [-0.2, 0) is 0 Å². The van der Waals surface area contributed by atoms with Crippen LogP contribution in [0.5, 0.6) is 0 Å². The molecule has 0 amide bonds. The van der Waals surface area contributed by atoms with Crippen LogP contribution in [-0.4, -0.2) is 12.3 Å². The van der Waals surface area contributed by atoms with Crippen molar-refractivity contribution >= 4 is 5.78 Å². The molecule has 0 radical (unpaired) electrons. The van der Waals surface area contributed by atoms with Crippen molar-refractivity contribution in [3.05, 3.63) is 70.8 Å². The minimum Gasteiger partial charge on any atom is -0.303 e. The lowest BCUT2D eigenvalue weighted by Crippen LogP contribution is -2.26. The lowest BCUT2D eigenvalue weighted by atomic mass is 10.0. The summed E-state index contributed by atoms with van der Waals surface area (Å²) in [7, 11) is 0. The van der Waals surface area contributed by atoms with Gasteiger partial charge in [-0.3, -0.25) is 4.79 Å². The van der Waals surface area contributed by atoms with E-state index in [-0.39, 0.29) is 11.8 Å². The van der Waals surface area contributed by atoms with Gasteiger partial charge in [-0.05, 0) is 31.9 Å². The zero-order chi connectivity index (χ0) is 14.5. The number of benzene rings is 2. The predicted molar refractivity (Wildman–Crippen MR) is 83.1 cm³/mol. The highest BCUT2D eigenvalue weighted by atomic mass is 16.1. The molecule has 0 heterocycles. The van der Waals surface area contributed by atoms with E-state index in [1.165, 1.54) is 11.1 Å². The second-order valence-electron chi connectivity index (χ2n) is 5.25. The first-order chi connectivity index (χ1) is 9.58. The molecule has 20 heavy (non-hydrogen) atoms. The van der Waals surface area contributed by atoms with Crippen molar-refractivity contribution in [1.82, 2.24) is 5.32 Å². The molecule has 104 valence electrons. The molecule has 0 aliphatic heterocycles. The van der Waals surface area contributed by atoms with Gasteiger partial charge in [0.05, 0.1) is 6.54 Å². The zero-order valence-corrected chi connectivity index (χ0v) is 12.3. The first-order valence-corrected chi connectivity index (χ1v) is 6.96. The maximum atomic E-state index is 12.3. The smallest absolute Gasteiger partial charge is 0.176 e. The third kappa shape index (κ3) is 3.55. The number of hydrogen-bond donors (Lipinski definition) is 1. The maximum Gasteiger partial charge on any atom is 0.176 e. The second kappa shape index (κ2) is 6.49. The Balaban J connectivity index is 1.99. The van der Waals surface area contributed by atoms with Crippen LogP contribution in [0.25, 0.3) is 0 Å². The molecular weight excluding hydrogens is 246 g/mol. The van der Waals surface area contributed by atoms with E-state index in [4.69, 9.17) is 0 Å².